The van der Waals surface area contributed by atoms with Crippen LogP contribution in [0.15, 0.2) is 29.3 Å². The third kappa shape index (κ3) is 8.06. The molecule has 0 saturated carbocycles. The summed E-state index contributed by atoms with van der Waals surface area (Å²) < 4.78 is 10.6. The molecule has 0 heterocycles. The van der Waals surface area contributed by atoms with Crippen molar-refractivity contribution >= 4 is 17.7 Å². The van der Waals surface area contributed by atoms with Gasteiger partial charge in [-0.1, -0.05) is 0 Å². The predicted molar refractivity (Wildman–Crippen MR) is 90.0 cm³/mol. The average molecular weight is 323 g/mol. The summed E-state index contributed by atoms with van der Waals surface area (Å²) in [6, 6.07) is 7.22. The van der Waals surface area contributed by atoms with E-state index in [2.05, 4.69) is 15.6 Å². The van der Waals surface area contributed by atoms with Gasteiger partial charge < -0.3 is 19.9 Å². The second kappa shape index (κ2) is 8.99. The van der Waals surface area contributed by atoms with E-state index < -0.39 is 11.7 Å². The van der Waals surface area contributed by atoms with Crippen LogP contribution < -0.4 is 15.4 Å². The van der Waals surface area contributed by atoms with E-state index in [9.17, 15) is 4.79 Å². The molecule has 0 saturated heterocycles. The highest BCUT2D eigenvalue weighted by atomic mass is 16.6. The molecule has 23 heavy (non-hydrogen) atoms. The first-order valence-corrected chi connectivity index (χ1v) is 7.49. The summed E-state index contributed by atoms with van der Waals surface area (Å²) in [5, 5.41) is 14.4. The molecule has 128 valence electrons. The largest absolute Gasteiger partial charge is 0.494 e. The highest BCUT2D eigenvalue weighted by Crippen LogP contribution is 2.15. The first kappa shape index (κ1) is 18.8. The number of aliphatic imine (C=N–C) groups is 1. The smallest absolute Gasteiger partial charge is 0.414 e. The van der Waals surface area contributed by atoms with Crippen molar-refractivity contribution < 1.29 is 19.4 Å². The second-order valence-electron chi connectivity index (χ2n) is 5.66. The van der Waals surface area contributed by atoms with Gasteiger partial charge in [-0.3, -0.25) is 10.3 Å². The highest BCUT2D eigenvalue weighted by molar-refractivity contribution is 6.02. The molecular weight excluding hydrogens is 298 g/mol. The third-order valence-corrected chi connectivity index (χ3v) is 2.42. The molecule has 0 bridgehead atoms. The Bertz CT molecular complexity index is 521. The summed E-state index contributed by atoms with van der Waals surface area (Å²) in [5.41, 5.74) is 0.117. The summed E-state index contributed by atoms with van der Waals surface area (Å²) >= 11 is 0. The normalized spacial score (nSPS) is 11.8. The van der Waals surface area contributed by atoms with Gasteiger partial charge in [-0.05, 0) is 52.0 Å². The molecule has 0 aromatic heterocycles. The summed E-state index contributed by atoms with van der Waals surface area (Å²) in [4.78, 5) is 15.9. The highest BCUT2D eigenvalue weighted by Gasteiger charge is 2.17. The molecular formula is C16H25N3O4. The summed E-state index contributed by atoms with van der Waals surface area (Å²) in [5.74, 6) is 0.962. The lowest BCUT2D eigenvalue weighted by Gasteiger charge is -2.20. The molecule has 7 heteroatoms. The minimum atomic E-state index is -0.618. The molecule has 0 aliphatic carbocycles. The van der Waals surface area contributed by atoms with Crippen LogP contribution in [-0.4, -0.2) is 42.5 Å². The lowest BCUT2D eigenvalue weighted by molar-refractivity contribution is 0.0563. The topological polar surface area (TPSA) is 92.2 Å². The number of rotatable bonds is 5. The third-order valence-electron chi connectivity index (χ3n) is 2.42. The zero-order valence-corrected chi connectivity index (χ0v) is 14.0. The van der Waals surface area contributed by atoms with Gasteiger partial charge in [0.15, 0.2) is 0 Å². The number of amides is 1. The number of hydrogen-bond donors (Lipinski definition) is 3. The van der Waals surface area contributed by atoms with Gasteiger partial charge in [0.1, 0.15) is 11.4 Å². The maximum absolute atomic E-state index is 11.8. The van der Waals surface area contributed by atoms with Crippen LogP contribution in [0, 0.1) is 0 Å². The number of benzene rings is 1. The first-order chi connectivity index (χ1) is 10.8. The van der Waals surface area contributed by atoms with Crippen molar-refractivity contribution in [1.29, 1.82) is 0 Å². The maximum Gasteiger partial charge on any atom is 0.414 e. The number of alkyl carbamates (subject to hydrolysis) is 1. The SMILES string of the molecule is CCOc1ccc(NC(=NCCO)NC(=O)OC(C)(C)C)cc1. The molecule has 0 fully saturated rings. The van der Waals surface area contributed by atoms with Crippen molar-refractivity contribution in [2.75, 3.05) is 25.1 Å². The molecule has 0 atom stereocenters. The van der Waals surface area contributed by atoms with Crippen LogP contribution >= 0.6 is 0 Å². The monoisotopic (exact) mass is 323 g/mol. The number of ether oxygens (including phenoxy) is 2. The summed E-state index contributed by atoms with van der Waals surface area (Å²) in [6.07, 6.45) is -0.618. The Morgan fingerprint density at radius 1 is 1.26 bits per heavy atom. The number of carbonyl (C=O) groups is 1. The van der Waals surface area contributed by atoms with E-state index in [1.807, 2.05) is 19.1 Å². The lowest BCUT2D eigenvalue weighted by Crippen LogP contribution is -2.40. The molecule has 1 aromatic carbocycles. The van der Waals surface area contributed by atoms with Crippen molar-refractivity contribution in [1.82, 2.24) is 5.32 Å². The minimum Gasteiger partial charge on any atom is -0.494 e. The maximum atomic E-state index is 11.8. The van der Waals surface area contributed by atoms with E-state index in [1.54, 1.807) is 32.9 Å². The van der Waals surface area contributed by atoms with Crippen LogP contribution in [0.25, 0.3) is 0 Å². The van der Waals surface area contributed by atoms with E-state index in [0.29, 0.717) is 6.61 Å². The van der Waals surface area contributed by atoms with Crippen LogP contribution in [0.3, 0.4) is 0 Å². The fourth-order valence-electron chi connectivity index (χ4n) is 1.61. The molecule has 1 rings (SSSR count). The number of aliphatic hydroxyl groups is 1. The van der Waals surface area contributed by atoms with Crippen molar-refractivity contribution in [3.63, 3.8) is 0 Å². The quantitative estimate of drug-likeness (QED) is 0.571. The number of nitrogens with zero attached hydrogens (tertiary/aromatic N) is 1. The summed E-state index contributed by atoms with van der Waals surface area (Å²) in [6.45, 7) is 7.87. The van der Waals surface area contributed by atoms with Crippen LogP contribution in [0.1, 0.15) is 27.7 Å². The van der Waals surface area contributed by atoms with Gasteiger partial charge in [0.05, 0.1) is 19.8 Å². The Labute approximate surface area is 136 Å². The van der Waals surface area contributed by atoms with Crippen molar-refractivity contribution in [2.24, 2.45) is 4.99 Å². The van der Waals surface area contributed by atoms with Gasteiger partial charge in [-0.15, -0.1) is 0 Å². The van der Waals surface area contributed by atoms with E-state index >= 15 is 0 Å². The Morgan fingerprint density at radius 3 is 2.43 bits per heavy atom. The van der Waals surface area contributed by atoms with Crippen LogP contribution in [0.2, 0.25) is 0 Å². The van der Waals surface area contributed by atoms with E-state index in [1.165, 1.54) is 0 Å². The Kier molecular flexibility index (Phi) is 7.34. The van der Waals surface area contributed by atoms with Gasteiger partial charge in [-0.2, -0.15) is 0 Å². The molecule has 3 N–H and O–H groups in total. The molecule has 1 aromatic rings. The minimum absolute atomic E-state index is 0.121. The van der Waals surface area contributed by atoms with Gasteiger partial charge in [0, 0.05) is 5.69 Å². The Balaban J connectivity index is 2.72. The van der Waals surface area contributed by atoms with Gasteiger partial charge in [0.25, 0.3) is 0 Å². The number of anilines is 1. The van der Waals surface area contributed by atoms with Crippen molar-refractivity contribution in [3.8, 4) is 5.75 Å². The van der Waals surface area contributed by atoms with Gasteiger partial charge >= 0.3 is 6.09 Å². The standard InChI is InChI=1S/C16H25N3O4/c1-5-22-13-8-6-12(7-9-13)18-14(17-10-11-20)19-15(21)23-16(2,3)4/h6-9,20H,5,10-11H2,1-4H3,(H2,17,18,19,21). The number of nitrogens with one attached hydrogen (secondary N) is 2. The zero-order valence-electron chi connectivity index (χ0n) is 14.0. The van der Waals surface area contributed by atoms with E-state index in [-0.39, 0.29) is 19.1 Å². The molecule has 0 radical (unpaired) electrons. The van der Waals surface area contributed by atoms with Crippen molar-refractivity contribution in [3.05, 3.63) is 24.3 Å². The number of carbonyl (C=O) groups excluding carboxylic acids is 1. The van der Waals surface area contributed by atoms with Gasteiger partial charge in [0.2, 0.25) is 5.96 Å². The van der Waals surface area contributed by atoms with Crippen LogP contribution in [0.4, 0.5) is 10.5 Å². The average Bonchev–Trinajstić information content (AvgIpc) is 2.45. The Hall–Kier alpha value is -2.28. The fourth-order valence-corrected chi connectivity index (χ4v) is 1.61. The van der Waals surface area contributed by atoms with Crippen LogP contribution in [0.5, 0.6) is 5.75 Å². The number of hydrogen-bond acceptors (Lipinski definition) is 5. The zero-order chi connectivity index (χ0) is 17.3. The van der Waals surface area contributed by atoms with E-state index in [0.717, 1.165) is 11.4 Å². The molecule has 0 aliphatic rings. The van der Waals surface area contributed by atoms with E-state index in [4.69, 9.17) is 14.6 Å². The lowest BCUT2D eigenvalue weighted by atomic mass is 10.2. The summed E-state index contributed by atoms with van der Waals surface area (Å²) in [7, 11) is 0. The van der Waals surface area contributed by atoms with Crippen LogP contribution in [-0.2, 0) is 4.74 Å². The van der Waals surface area contributed by atoms with Gasteiger partial charge in [-0.25, -0.2) is 4.79 Å². The predicted octanol–water partition coefficient (Wildman–Crippen LogP) is 2.37. The molecule has 0 unspecified atom stereocenters. The molecule has 7 nitrogen and oxygen atoms in total. The molecule has 0 spiro atoms. The second-order valence-corrected chi connectivity index (χ2v) is 5.66. The number of guanidine groups is 1. The molecule has 1 amide bonds. The first-order valence-electron chi connectivity index (χ1n) is 7.49. The van der Waals surface area contributed by atoms with Crippen molar-refractivity contribution in [2.45, 2.75) is 33.3 Å². The molecule has 0 aliphatic heterocycles. The Morgan fingerprint density at radius 2 is 1.91 bits per heavy atom. The fraction of sp³-hybridized carbons (Fsp3) is 0.500. The number of aliphatic hydroxyl groups excluding tert-OH is 1.